The van der Waals surface area contributed by atoms with Gasteiger partial charge in [-0.2, -0.15) is 0 Å². The Morgan fingerprint density at radius 1 is 1.11 bits per heavy atom. The van der Waals surface area contributed by atoms with Gasteiger partial charge < -0.3 is 14.2 Å². The Hall–Kier alpha value is -2.91. The molecule has 0 unspecified atom stereocenters. The van der Waals surface area contributed by atoms with E-state index < -0.39 is 10.0 Å². The summed E-state index contributed by atoms with van der Waals surface area (Å²) in [4.78, 5) is 14.4. The lowest BCUT2D eigenvalue weighted by Crippen LogP contribution is -2.40. The quantitative estimate of drug-likeness (QED) is 0.720. The second kappa shape index (κ2) is 7.25. The van der Waals surface area contributed by atoms with Gasteiger partial charge in [0.1, 0.15) is 0 Å². The zero-order valence-corrected chi connectivity index (χ0v) is 16.0. The number of rotatable bonds is 4. The van der Waals surface area contributed by atoms with Gasteiger partial charge >= 0.3 is 0 Å². The summed E-state index contributed by atoms with van der Waals surface area (Å²) in [6.07, 6.45) is 0. The van der Waals surface area contributed by atoms with E-state index in [0.29, 0.717) is 43.0 Å². The number of nitrogens with zero attached hydrogens (tertiary/aromatic N) is 2. The van der Waals surface area contributed by atoms with Crippen molar-refractivity contribution in [3.63, 3.8) is 0 Å². The first-order valence-electron chi connectivity index (χ1n) is 8.80. The summed E-state index contributed by atoms with van der Waals surface area (Å²) in [5, 5.41) is 4.23. The second-order valence-corrected chi connectivity index (χ2v) is 8.25. The molecule has 1 N–H and O–H groups in total. The predicted molar refractivity (Wildman–Crippen MR) is 103 cm³/mol. The molecular formula is C19H19N3O5S. The van der Waals surface area contributed by atoms with Crippen LogP contribution in [0, 0.1) is 6.92 Å². The van der Waals surface area contributed by atoms with Crippen LogP contribution in [0.1, 0.15) is 16.1 Å². The molecule has 0 aliphatic carbocycles. The maximum atomic E-state index is 12.8. The van der Waals surface area contributed by atoms with Crippen LogP contribution in [-0.4, -0.2) is 50.7 Å². The number of hydrogen-bond donors (Lipinski definition) is 1. The number of nitrogens with one attached hydrogen (secondary N) is 1. The van der Waals surface area contributed by atoms with Crippen molar-refractivity contribution in [2.75, 3.05) is 31.0 Å². The summed E-state index contributed by atoms with van der Waals surface area (Å²) in [5.74, 6) is -0.303. The molecule has 1 aromatic heterocycles. The molecule has 1 fully saturated rings. The number of carbonyl (C=O) groups excluding carboxylic acids is 1. The zero-order chi connectivity index (χ0) is 19.7. The topological polar surface area (TPSA) is 102 Å². The van der Waals surface area contributed by atoms with Crippen LogP contribution in [0.2, 0.25) is 0 Å². The number of amides is 1. The number of carbonyl (C=O) groups is 1. The average Bonchev–Trinajstić information content (AvgIpc) is 3.13. The monoisotopic (exact) mass is 401 g/mol. The highest BCUT2D eigenvalue weighted by atomic mass is 32.2. The molecule has 4 rings (SSSR count). The number of anilines is 1. The van der Waals surface area contributed by atoms with Gasteiger partial charge in [-0.1, -0.05) is 22.9 Å². The van der Waals surface area contributed by atoms with Crippen LogP contribution in [-0.2, 0) is 14.8 Å². The number of morpholine rings is 1. The maximum absolute atomic E-state index is 12.8. The van der Waals surface area contributed by atoms with Crippen LogP contribution in [0.3, 0.4) is 0 Å². The first-order valence-corrected chi connectivity index (χ1v) is 10.3. The van der Waals surface area contributed by atoms with Crippen molar-refractivity contribution in [1.82, 2.24) is 10.1 Å². The molecule has 0 radical (unpaired) electrons. The summed E-state index contributed by atoms with van der Waals surface area (Å²) in [5.41, 5.74) is 1.94. The fraction of sp³-hybridized carbons (Fsp3) is 0.263. The van der Waals surface area contributed by atoms with Crippen LogP contribution in [0.15, 0.2) is 51.9 Å². The van der Waals surface area contributed by atoms with Crippen molar-refractivity contribution >= 4 is 32.6 Å². The highest BCUT2D eigenvalue weighted by Gasteiger charge is 2.25. The molecule has 2 heterocycles. The smallest absolute Gasteiger partial charge is 0.276 e. The third-order valence-electron chi connectivity index (χ3n) is 4.56. The summed E-state index contributed by atoms with van der Waals surface area (Å²) in [7, 11) is -3.83. The van der Waals surface area contributed by atoms with E-state index in [4.69, 9.17) is 9.26 Å². The van der Waals surface area contributed by atoms with Gasteiger partial charge in [-0.15, -0.1) is 0 Å². The Morgan fingerprint density at radius 2 is 1.82 bits per heavy atom. The molecule has 0 atom stereocenters. The van der Waals surface area contributed by atoms with E-state index in [0.717, 1.165) is 5.56 Å². The van der Waals surface area contributed by atoms with Crippen molar-refractivity contribution in [3.8, 4) is 0 Å². The molecule has 1 aliphatic heterocycles. The Labute approximate surface area is 162 Å². The van der Waals surface area contributed by atoms with Gasteiger partial charge in [-0.05, 0) is 37.3 Å². The summed E-state index contributed by atoms with van der Waals surface area (Å²) in [6.45, 7) is 3.76. The number of sulfonamides is 1. The number of fused-ring (bicyclic) bond motifs is 1. The fourth-order valence-electron chi connectivity index (χ4n) is 2.99. The Morgan fingerprint density at radius 3 is 2.54 bits per heavy atom. The minimum Gasteiger partial charge on any atom is -0.378 e. The first kappa shape index (κ1) is 18.5. The van der Waals surface area contributed by atoms with Crippen molar-refractivity contribution < 1.29 is 22.5 Å². The standard InChI is InChI=1S/C19H19N3O5S/c1-13-2-4-14(5-3-13)21-28(24,25)15-6-7-17-16(12-15)18(20-27-17)19(23)22-8-10-26-11-9-22/h2-7,12,21H,8-11H2,1H3. The van der Waals surface area contributed by atoms with E-state index in [-0.39, 0.29) is 16.5 Å². The van der Waals surface area contributed by atoms with E-state index in [1.54, 1.807) is 17.0 Å². The Bertz CT molecular complexity index is 1120. The predicted octanol–water partition coefficient (Wildman–Crippen LogP) is 2.41. The van der Waals surface area contributed by atoms with Crippen LogP contribution >= 0.6 is 0 Å². The van der Waals surface area contributed by atoms with Gasteiger partial charge in [-0.25, -0.2) is 8.42 Å². The highest BCUT2D eigenvalue weighted by molar-refractivity contribution is 7.92. The van der Waals surface area contributed by atoms with Crippen LogP contribution in [0.5, 0.6) is 0 Å². The van der Waals surface area contributed by atoms with Crippen molar-refractivity contribution in [2.45, 2.75) is 11.8 Å². The lowest BCUT2D eigenvalue weighted by Gasteiger charge is -2.25. The molecule has 3 aromatic rings. The molecule has 28 heavy (non-hydrogen) atoms. The summed E-state index contributed by atoms with van der Waals surface area (Å²) >= 11 is 0. The van der Waals surface area contributed by atoms with Crippen LogP contribution in [0.4, 0.5) is 5.69 Å². The highest BCUT2D eigenvalue weighted by Crippen LogP contribution is 2.25. The molecule has 0 spiro atoms. The number of aryl methyl sites for hydroxylation is 1. The van der Waals surface area contributed by atoms with Gasteiger partial charge in [0, 0.05) is 18.8 Å². The third kappa shape index (κ3) is 3.58. The molecule has 9 heteroatoms. The van der Waals surface area contributed by atoms with E-state index >= 15 is 0 Å². The maximum Gasteiger partial charge on any atom is 0.276 e. The fourth-order valence-corrected chi connectivity index (χ4v) is 4.08. The van der Waals surface area contributed by atoms with Crippen LogP contribution in [0.25, 0.3) is 11.0 Å². The van der Waals surface area contributed by atoms with E-state index in [1.165, 1.54) is 18.2 Å². The molecule has 1 aliphatic rings. The molecule has 146 valence electrons. The van der Waals surface area contributed by atoms with Crippen molar-refractivity contribution in [1.29, 1.82) is 0 Å². The normalized spacial score (nSPS) is 15.0. The number of aromatic nitrogens is 1. The Kier molecular flexibility index (Phi) is 4.78. The molecule has 8 nitrogen and oxygen atoms in total. The SMILES string of the molecule is Cc1ccc(NS(=O)(=O)c2ccc3onc(C(=O)N4CCOCC4)c3c2)cc1. The molecule has 1 saturated heterocycles. The van der Waals surface area contributed by atoms with Gasteiger partial charge in [0.15, 0.2) is 11.3 Å². The molecule has 2 aromatic carbocycles. The lowest BCUT2D eigenvalue weighted by atomic mass is 10.2. The summed E-state index contributed by atoms with van der Waals surface area (Å²) in [6, 6.07) is 11.4. The third-order valence-corrected chi connectivity index (χ3v) is 5.94. The number of ether oxygens (including phenoxy) is 1. The van der Waals surface area contributed by atoms with Gasteiger partial charge in [0.2, 0.25) is 0 Å². The van der Waals surface area contributed by atoms with Gasteiger partial charge in [-0.3, -0.25) is 9.52 Å². The molecule has 0 saturated carbocycles. The van der Waals surface area contributed by atoms with Gasteiger partial charge in [0.05, 0.1) is 23.5 Å². The largest absolute Gasteiger partial charge is 0.378 e. The summed E-state index contributed by atoms with van der Waals surface area (Å²) < 4.78 is 38.5. The molecule has 1 amide bonds. The minimum absolute atomic E-state index is 0.0276. The Balaban J connectivity index is 1.66. The van der Waals surface area contributed by atoms with Crippen molar-refractivity contribution in [3.05, 3.63) is 53.7 Å². The number of hydrogen-bond acceptors (Lipinski definition) is 6. The second-order valence-electron chi connectivity index (χ2n) is 6.57. The zero-order valence-electron chi connectivity index (χ0n) is 15.2. The van der Waals surface area contributed by atoms with Gasteiger partial charge in [0.25, 0.3) is 15.9 Å². The number of benzene rings is 2. The minimum atomic E-state index is -3.83. The molecular weight excluding hydrogens is 382 g/mol. The van der Waals surface area contributed by atoms with E-state index in [9.17, 15) is 13.2 Å². The first-order chi connectivity index (χ1) is 13.4. The average molecular weight is 401 g/mol. The van der Waals surface area contributed by atoms with E-state index in [2.05, 4.69) is 9.88 Å². The van der Waals surface area contributed by atoms with Crippen molar-refractivity contribution in [2.24, 2.45) is 0 Å². The molecule has 0 bridgehead atoms. The van der Waals surface area contributed by atoms with Crippen LogP contribution < -0.4 is 4.72 Å². The lowest BCUT2D eigenvalue weighted by molar-refractivity contribution is 0.0297. The van der Waals surface area contributed by atoms with E-state index in [1.807, 2.05) is 19.1 Å².